The van der Waals surface area contributed by atoms with Crippen LogP contribution in [-0.4, -0.2) is 35.6 Å². The summed E-state index contributed by atoms with van der Waals surface area (Å²) in [5.74, 6) is 2.45. The number of nitrogens with one attached hydrogen (secondary N) is 2. The highest BCUT2D eigenvalue weighted by Gasteiger charge is 2.12. The number of fused-ring (bicyclic) bond motifs is 1. The molecule has 7 heteroatoms. The van der Waals surface area contributed by atoms with Crippen molar-refractivity contribution in [2.75, 3.05) is 19.9 Å². The largest absolute Gasteiger partial charge is 0.454 e. The molecule has 0 bridgehead atoms. The Bertz CT molecular complexity index is 711. The molecule has 24 heavy (non-hydrogen) atoms. The number of aliphatic imine (C=N–C) groups is 1. The van der Waals surface area contributed by atoms with Crippen molar-refractivity contribution in [3.05, 3.63) is 41.7 Å². The first kappa shape index (κ1) is 16.2. The fraction of sp³-hybridized carbons (Fsp3) is 0.412. The minimum Gasteiger partial charge on any atom is -0.454 e. The maximum Gasteiger partial charge on any atom is 0.231 e. The Labute approximate surface area is 141 Å². The number of aromatic nitrogens is 2. The summed E-state index contributed by atoms with van der Waals surface area (Å²) < 4.78 is 12.6. The van der Waals surface area contributed by atoms with E-state index in [1.54, 1.807) is 6.20 Å². The molecule has 2 N–H and O–H groups in total. The Morgan fingerprint density at radius 2 is 2.12 bits per heavy atom. The van der Waals surface area contributed by atoms with E-state index < -0.39 is 0 Å². The van der Waals surface area contributed by atoms with Crippen LogP contribution in [0.2, 0.25) is 0 Å². The molecule has 0 unspecified atom stereocenters. The van der Waals surface area contributed by atoms with Gasteiger partial charge in [0, 0.05) is 26.3 Å². The van der Waals surface area contributed by atoms with Gasteiger partial charge in [0.15, 0.2) is 17.5 Å². The summed E-state index contributed by atoms with van der Waals surface area (Å²) in [6.45, 7) is 4.56. The highest BCUT2D eigenvalue weighted by Crippen LogP contribution is 2.32. The molecule has 2 aromatic rings. The van der Waals surface area contributed by atoms with Crippen LogP contribution in [-0.2, 0) is 20.0 Å². The molecule has 1 aromatic heterocycles. The minimum absolute atomic E-state index is 0.308. The zero-order chi connectivity index (χ0) is 16.8. The molecule has 3 rings (SSSR count). The molecule has 0 amide bonds. The second kappa shape index (κ2) is 7.72. The van der Waals surface area contributed by atoms with Crippen LogP contribution in [0.3, 0.4) is 0 Å². The summed E-state index contributed by atoms with van der Waals surface area (Å²) in [5.41, 5.74) is 2.28. The maximum atomic E-state index is 5.41. The van der Waals surface area contributed by atoms with Gasteiger partial charge in [-0.05, 0) is 37.1 Å². The summed E-state index contributed by atoms with van der Waals surface area (Å²) >= 11 is 0. The van der Waals surface area contributed by atoms with Gasteiger partial charge in [0.2, 0.25) is 6.79 Å². The summed E-state index contributed by atoms with van der Waals surface area (Å²) in [4.78, 5) is 4.59. The third kappa shape index (κ3) is 3.98. The monoisotopic (exact) mass is 329 g/mol. The van der Waals surface area contributed by atoms with Crippen molar-refractivity contribution >= 4 is 5.96 Å². The van der Waals surface area contributed by atoms with E-state index in [0.29, 0.717) is 13.3 Å². The number of nitrogens with zero attached hydrogens (tertiary/aromatic N) is 3. The molecule has 1 aliphatic heterocycles. The van der Waals surface area contributed by atoms with E-state index in [2.05, 4.69) is 33.7 Å². The highest BCUT2D eigenvalue weighted by molar-refractivity contribution is 5.79. The second-order valence-electron chi connectivity index (χ2n) is 5.51. The number of hydrogen-bond donors (Lipinski definition) is 2. The predicted octanol–water partition coefficient (Wildman–Crippen LogP) is 1.45. The van der Waals surface area contributed by atoms with E-state index >= 15 is 0 Å². The van der Waals surface area contributed by atoms with Gasteiger partial charge in [-0.2, -0.15) is 5.10 Å². The summed E-state index contributed by atoms with van der Waals surface area (Å²) in [6, 6.07) is 8.03. The number of rotatable bonds is 6. The molecule has 1 aromatic carbocycles. The lowest BCUT2D eigenvalue weighted by Crippen LogP contribution is -2.38. The second-order valence-corrected chi connectivity index (χ2v) is 5.51. The smallest absolute Gasteiger partial charge is 0.231 e. The first-order valence-electron chi connectivity index (χ1n) is 8.14. The summed E-state index contributed by atoms with van der Waals surface area (Å²) in [6.07, 6.45) is 2.66. The van der Waals surface area contributed by atoms with E-state index in [9.17, 15) is 0 Å². The van der Waals surface area contributed by atoms with Gasteiger partial charge in [0.25, 0.3) is 0 Å². The molecule has 0 radical (unpaired) electrons. The van der Waals surface area contributed by atoms with Crippen LogP contribution >= 0.6 is 0 Å². The first-order chi connectivity index (χ1) is 11.8. The Kier molecular flexibility index (Phi) is 5.20. The first-order valence-corrected chi connectivity index (χ1v) is 8.14. The molecule has 0 aliphatic carbocycles. The quantitative estimate of drug-likeness (QED) is 0.620. The summed E-state index contributed by atoms with van der Waals surface area (Å²) in [5, 5.41) is 10.8. The van der Waals surface area contributed by atoms with Gasteiger partial charge >= 0.3 is 0 Å². The molecule has 0 saturated carbocycles. The molecular weight excluding hydrogens is 306 g/mol. The molecule has 0 saturated heterocycles. The van der Waals surface area contributed by atoms with Gasteiger partial charge in [-0.3, -0.25) is 4.68 Å². The number of hydrogen-bond acceptors (Lipinski definition) is 4. The molecule has 7 nitrogen and oxygen atoms in total. The van der Waals surface area contributed by atoms with Crippen LogP contribution in [0, 0.1) is 0 Å². The molecular formula is C17H23N5O2. The fourth-order valence-corrected chi connectivity index (χ4v) is 2.48. The van der Waals surface area contributed by atoms with Crippen molar-refractivity contribution in [2.45, 2.75) is 19.9 Å². The van der Waals surface area contributed by atoms with Crippen molar-refractivity contribution in [3.63, 3.8) is 0 Å². The topological polar surface area (TPSA) is 72.7 Å². The van der Waals surface area contributed by atoms with Crippen LogP contribution in [0.5, 0.6) is 11.5 Å². The molecule has 1 aliphatic rings. The van der Waals surface area contributed by atoms with Crippen molar-refractivity contribution in [3.8, 4) is 11.5 Å². The Balaban J connectivity index is 1.53. The zero-order valence-corrected chi connectivity index (χ0v) is 14.1. The Morgan fingerprint density at radius 1 is 1.25 bits per heavy atom. The summed E-state index contributed by atoms with van der Waals surface area (Å²) in [7, 11) is 1.92. The molecule has 128 valence electrons. The lowest BCUT2D eigenvalue weighted by molar-refractivity contribution is 0.174. The van der Waals surface area contributed by atoms with E-state index in [-0.39, 0.29) is 0 Å². The molecule has 2 heterocycles. The van der Waals surface area contributed by atoms with Gasteiger partial charge in [-0.25, -0.2) is 4.99 Å². The van der Waals surface area contributed by atoms with Gasteiger partial charge in [-0.15, -0.1) is 0 Å². The molecule has 0 atom stereocenters. The normalized spacial score (nSPS) is 13.2. The lowest BCUT2D eigenvalue weighted by atomic mass is 10.1. The van der Waals surface area contributed by atoms with Crippen LogP contribution in [0.4, 0.5) is 0 Å². The Hall–Kier alpha value is -2.70. The van der Waals surface area contributed by atoms with E-state index in [1.165, 1.54) is 5.56 Å². The van der Waals surface area contributed by atoms with Gasteiger partial charge in [-0.1, -0.05) is 6.07 Å². The van der Waals surface area contributed by atoms with Gasteiger partial charge in [0.1, 0.15) is 0 Å². The van der Waals surface area contributed by atoms with Crippen molar-refractivity contribution in [2.24, 2.45) is 12.0 Å². The average molecular weight is 329 g/mol. The molecule has 0 fully saturated rings. The highest BCUT2D eigenvalue weighted by atomic mass is 16.7. The van der Waals surface area contributed by atoms with E-state index in [4.69, 9.17) is 9.47 Å². The maximum absolute atomic E-state index is 5.41. The van der Waals surface area contributed by atoms with Crippen molar-refractivity contribution in [1.82, 2.24) is 20.4 Å². The lowest BCUT2D eigenvalue weighted by Gasteiger charge is -2.11. The van der Waals surface area contributed by atoms with Crippen LogP contribution in [0.1, 0.15) is 18.2 Å². The Morgan fingerprint density at radius 3 is 2.92 bits per heavy atom. The SMILES string of the molecule is CCNC(=NCc1ccnn1C)NCCc1ccc2c(c1)OCO2. The molecule has 0 spiro atoms. The number of aryl methyl sites for hydroxylation is 1. The third-order valence-corrected chi connectivity index (χ3v) is 3.81. The van der Waals surface area contributed by atoms with Crippen molar-refractivity contribution < 1.29 is 9.47 Å². The standard InChI is InChI=1S/C17H23N5O2/c1-3-18-17(20-11-14-7-9-21-22(14)2)19-8-6-13-4-5-15-16(10-13)24-12-23-15/h4-5,7,9-10H,3,6,8,11-12H2,1-2H3,(H2,18,19,20). The van der Waals surface area contributed by atoms with Gasteiger partial charge < -0.3 is 20.1 Å². The minimum atomic E-state index is 0.308. The number of guanidine groups is 1. The van der Waals surface area contributed by atoms with E-state index in [0.717, 1.165) is 42.7 Å². The average Bonchev–Trinajstić information content (AvgIpc) is 3.21. The predicted molar refractivity (Wildman–Crippen MR) is 92.3 cm³/mol. The number of ether oxygens (including phenoxy) is 2. The van der Waals surface area contributed by atoms with Gasteiger partial charge in [0.05, 0.1) is 12.2 Å². The van der Waals surface area contributed by atoms with Crippen LogP contribution in [0.15, 0.2) is 35.5 Å². The third-order valence-electron chi connectivity index (χ3n) is 3.81. The van der Waals surface area contributed by atoms with E-state index in [1.807, 2.05) is 29.9 Å². The number of benzene rings is 1. The zero-order valence-electron chi connectivity index (χ0n) is 14.1. The van der Waals surface area contributed by atoms with Crippen LogP contribution < -0.4 is 20.1 Å². The van der Waals surface area contributed by atoms with Crippen molar-refractivity contribution in [1.29, 1.82) is 0 Å². The van der Waals surface area contributed by atoms with Crippen LogP contribution in [0.25, 0.3) is 0 Å². The fourth-order valence-electron chi connectivity index (χ4n) is 2.48.